The second-order valence-corrected chi connectivity index (χ2v) is 57.5. The van der Waals surface area contributed by atoms with Gasteiger partial charge in [-0.15, -0.1) is 0 Å². The summed E-state index contributed by atoms with van der Waals surface area (Å²) in [4.78, 5) is 0. The van der Waals surface area contributed by atoms with Crippen molar-refractivity contribution in [1.29, 1.82) is 0 Å². The molecule has 6 heterocycles. The molecule has 0 fully saturated rings. The first-order chi connectivity index (χ1) is 69.7. The third-order valence-corrected chi connectivity index (χ3v) is 43.1. The average Bonchev–Trinajstić information content (AvgIpc) is 1.72. The van der Waals surface area contributed by atoms with Crippen molar-refractivity contribution >= 4 is 215 Å². The Morgan fingerprint density at radius 2 is 0.401 bits per heavy atom. The number of nitrogens with zero attached hydrogens (tertiary/aromatic N) is 4. The number of para-hydroxylation sites is 8. The third kappa shape index (κ3) is 14.6. The smallest absolute Gasteiger partial charge is 0.179 e. The Kier molecular flexibility index (Phi) is 21.6. The maximum absolute atomic E-state index is 6.77. The Balaban J connectivity index is 0.000000114. The highest BCUT2D eigenvalue weighted by molar-refractivity contribution is 7.20. The lowest BCUT2D eigenvalue weighted by atomic mass is 10.0. The van der Waals surface area contributed by atoms with Crippen molar-refractivity contribution in [3.63, 3.8) is 0 Å². The molecule has 0 N–H and O–H groups in total. The van der Waals surface area contributed by atoms with Crippen LogP contribution >= 0.6 is 0 Å². The van der Waals surface area contributed by atoms with Gasteiger partial charge in [-0.1, -0.05) is 450 Å². The molecule has 6 aromatic heterocycles. The fraction of sp³-hybridized carbons (Fsp3) is 0.0455. The van der Waals surface area contributed by atoms with Gasteiger partial charge in [0.15, 0.2) is 16.1 Å². The maximum Gasteiger partial charge on any atom is 0.179 e. The fourth-order valence-corrected chi connectivity index (χ4v) is 34.8. The predicted molar refractivity (Wildman–Crippen MR) is 615 cm³/mol. The van der Waals surface area contributed by atoms with E-state index in [4.69, 9.17) is 8.83 Å². The van der Waals surface area contributed by atoms with Crippen molar-refractivity contribution in [2.75, 3.05) is 0 Å². The number of hydrogen-bond donors (Lipinski definition) is 0. The zero-order valence-corrected chi connectivity index (χ0v) is 84.1. The molecule has 0 bridgehead atoms. The van der Waals surface area contributed by atoms with Crippen LogP contribution in [-0.2, 0) is 0 Å². The molecule has 0 radical (unpaired) electrons. The molecule has 0 aliphatic heterocycles. The van der Waals surface area contributed by atoms with Crippen molar-refractivity contribution in [2.24, 2.45) is 0 Å². The van der Waals surface area contributed by atoms with Crippen LogP contribution in [0, 0.1) is 0 Å². The second-order valence-electron chi connectivity index (χ2n) is 39.7. The molecule has 0 atom stereocenters. The summed E-state index contributed by atoms with van der Waals surface area (Å²) in [5.41, 5.74) is 22.6. The molecule has 0 aliphatic rings. The van der Waals surface area contributed by atoms with E-state index in [9.17, 15) is 0 Å². The van der Waals surface area contributed by atoms with E-state index in [-0.39, 0.29) is 0 Å². The van der Waals surface area contributed by atoms with Crippen molar-refractivity contribution in [3.05, 3.63) is 510 Å². The van der Waals surface area contributed by atoms with Gasteiger partial charge in [0.25, 0.3) is 0 Å². The van der Waals surface area contributed by atoms with Crippen LogP contribution in [0.4, 0.5) is 0 Å². The Morgan fingerprint density at radius 3 is 0.754 bits per heavy atom. The Labute approximate surface area is 829 Å². The molecule has 0 amide bonds. The van der Waals surface area contributed by atoms with E-state index in [1.54, 1.807) is 0 Å². The predicted octanol–water partition coefficient (Wildman–Crippen LogP) is 28.4. The number of hydrogen-bond acceptors (Lipinski definition) is 2. The van der Waals surface area contributed by atoms with Gasteiger partial charge < -0.3 is 27.1 Å². The summed E-state index contributed by atoms with van der Waals surface area (Å²) in [6.45, 7) is 14.5. The Morgan fingerprint density at radius 1 is 0.155 bits per heavy atom. The van der Waals surface area contributed by atoms with Gasteiger partial charge in [0, 0.05) is 98.5 Å². The highest BCUT2D eigenvalue weighted by atomic mass is 28.3. The molecule has 678 valence electrons. The summed E-state index contributed by atoms with van der Waals surface area (Å²) < 4.78 is 23.0. The highest BCUT2D eigenvalue weighted by Crippen LogP contribution is 2.45. The van der Waals surface area contributed by atoms with Gasteiger partial charge in [0.05, 0.1) is 60.3 Å². The molecule has 6 nitrogen and oxygen atoms in total. The van der Waals surface area contributed by atoms with Gasteiger partial charge in [-0.05, 0) is 162 Å². The first-order valence-electron chi connectivity index (χ1n) is 49.3. The SMILES string of the molecule is C[Si](C)(C)c1ccc2c(c1)c1cc(-n3c4ccccc4c4ccccc43)ccc1n2-c1cccc([Si](c2ccccc2)(c2ccccc2)c2ccccc2)c1.C[Si](C)(C)c1cccc(-c2cc(-n3c4ccccc4c4ccccc43)cc3c2oc2ccccc23)c1.c1ccc([Si](c2ccccc2)(c2ccccc2)c2cccc(-c3cc(-n4c5ccccc5c5ccccc54)cc4c3oc3ccccc34)c2)cc1. The highest BCUT2D eigenvalue weighted by Gasteiger charge is 2.44. The van der Waals surface area contributed by atoms with Crippen LogP contribution in [0.25, 0.3) is 176 Å². The normalized spacial score (nSPS) is 12.2. The van der Waals surface area contributed by atoms with Crippen LogP contribution in [0.3, 0.4) is 0 Å². The molecule has 10 heteroatoms. The van der Waals surface area contributed by atoms with E-state index in [0.29, 0.717) is 0 Å². The number of furan rings is 2. The van der Waals surface area contributed by atoms with Crippen molar-refractivity contribution < 1.29 is 8.83 Å². The van der Waals surface area contributed by atoms with Crippen LogP contribution in [0.5, 0.6) is 0 Å². The van der Waals surface area contributed by atoms with E-state index < -0.39 is 32.3 Å². The van der Waals surface area contributed by atoms with Crippen LogP contribution in [-0.4, -0.2) is 50.6 Å². The molecule has 142 heavy (non-hydrogen) atoms. The molecular weight excluding hydrogens is 1790 g/mol. The second kappa shape index (κ2) is 35.3. The van der Waals surface area contributed by atoms with Gasteiger partial charge in [0.1, 0.15) is 22.3 Å². The lowest BCUT2D eigenvalue weighted by molar-refractivity contribution is 0.669. The zero-order chi connectivity index (χ0) is 95.4. The molecular formula is C132H102N4O2Si4. The molecule has 0 spiro atoms. The molecule has 0 aliphatic carbocycles. The summed E-state index contributed by atoms with van der Waals surface area (Å²) in [6, 6.07) is 188. The first kappa shape index (κ1) is 86.8. The van der Waals surface area contributed by atoms with E-state index in [2.05, 4.69) is 561 Å². The van der Waals surface area contributed by atoms with Crippen LogP contribution in [0.2, 0.25) is 39.3 Å². The van der Waals surface area contributed by atoms with E-state index >= 15 is 0 Å². The van der Waals surface area contributed by atoms with Gasteiger partial charge in [-0.2, -0.15) is 0 Å². The quantitative estimate of drug-likeness (QED) is 0.0715. The van der Waals surface area contributed by atoms with E-state index in [1.165, 1.54) is 156 Å². The van der Waals surface area contributed by atoms with Crippen molar-refractivity contribution in [1.82, 2.24) is 18.3 Å². The lowest BCUT2D eigenvalue weighted by Crippen LogP contribution is -2.74. The van der Waals surface area contributed by atoms with Crippen molar-refractivity contribution in [3.8, 4) is 45.0 Å². The molecule has 27 rings (SSSR count). The third-order valence-electron chi connectivity index (χ3n) is 29.5. The molecule has 21 aromatic carbocycles. The topological polar surface area (TPSA) is 46.0 Å². The molecule has 0 unspecified atom stereocenters. The minimum atomic E-state index is -2.74. The fourth-order valence-electron chi connectivity index (χ4n) is 22.9. The van der Waals surface area contributed by atoms with Crippen molar-refractivity contribution in [2.45, 2.75) is 39.3 Å². The summed E-state index contributed by atoms with van der Waals surface area (Å²) in [5, 5.41) is 28.5. The van der Waals surface area contributed by atoms with E-state index in [0.717, 1.165) is 71.9 Å². The van der Waals surface area contributed by atoms with Gasteiger partial charge in [-0.25, -0.2) is 0 Å². The number of fused-ring (bicyclic) bond motifs is 18. The van der Waals surface area contributed by atoms with E-state index in [1.807, 2.05) is 6.07 Å². The zero-order valence-electron chi connectivity index (χ0n) is 80.1. The molecule has 27 aromatic rings. The van der Waals surface area contributed by atoms with Crippen LogP contribution in [0.15, 0.2) is 518 Å². The summed E-state index contributed by atoms with van der Waals surface area (Å²) >= 11 is 0. The van der Waals surface area contributed by atoms with Gasteiger partial charge in [0.2, 0.25) is 0 Å². The molecule has 0 saturated carbocycles. The van der Waals surface area contributed by atoms with Crippen LogP contribution in [0.1, 0.15) is 0 Å². The summed E-state index contributed by atoms with van der Waals surface area (Å²) in [6.07, 6.45) is 0. The minimum absolute atomic E-state index is 0.894. The van der Waals surface area contributed by atoms with Gasteiger partial charge >= 0.3 is 0 Å². The largest absolute Gasteiger partial charge is 0.455 e. The lowest BCUT2D eigenvalue weighted by Gasteiger charge is -2.34. The molecule has 0 saturated heterocycles. The van der Waals surface area contributed by atoms with Gasteiger partial charge in [-0.3, -0.25) is 0 Å². The Hall–Kier alpha value is -16.7. The minimum Gasteiger partial charge on any atom is -0.455 e. The average molecular weight is 1890 g/mol. The Bertz CT molecular complexity index is 9160. The summed E-state index contributed by atoms with van der Waals surface area (Å²) in [7, 11) is -8.53. The number of benzene rings is 21. The monoisotopic (exact) mass is 1890 g/mol. The number of rotatable bonds is 16. The summed E-state index contributed by atoms with van der Waals surface area (Å²) in [5.74, 6) is 0. The standard InChI is InChI=1S/C51H42N2Si2.C48H33NOSi.C33H27NOSi/c1-54(2,3)42-31-33-51-47(36-42)46-35-38(53-48-28-15-13-26-44(48)45-27-14-16-29-49(45)53)30-32-50(46)52(51)37-18-17-25-43(34-37)55(39-19-7-4-8-20-39,40-21-9-5-10-22-40)41-23-11-6-12-24-41;1-4-18-36(19-5-1)51(37-20-6-2-7-21-37,38-22-8-3-9-23-38)39-24-16-17-34(31-39)43-32-35(33-44-42-27-12-15-30-47(42)50-48(43)44)49-45-28-13-10-25-40(45)41-26-11-14-29-46(41)49;1-36(2,3)24-12-10-11-22(19-24)28-20-23(21-29-27-15-6-9-18-32(27)35-33(28)29)34-30-16-7-4-13-25(30)26-14-5-8-17-31(26)34/h4-36H,1-3H3;1-33H;4-21H,1-3H3. The number of aromatic nitrogens is 4. The maximum atomic E-state index is 6.77. The first-order valence-corrected chi connectivity index (χ1v) is 60.3. The van der Waals surface area contributed by atoms with Crippen LogP contribution < -0.4 is 51.9 Å².